The zero-order valence-electron chi connectivity index (χ0n) is 13.0. The Morgan fingerprint density at radius 3 is 3.22 bits per heavy atom. The summed E-state index contributed by atoms with van der Waals surface area (Å²) in [6.45, 7) is 2.94. The summed E-state index contributed by atoms with van der Waals surface area (Å²) in [5.74, 6) is 0.00964. The van der Waals surface area contributed by atoms with E-state index in [1.54, 1.807) is 12.3 Å². The smallest absolute Gasteiger partial charge is 0.165 e. The lowest BCUT2D eigenvalue weighted by molar-refractivity contribution is -0.0670. The molecule has 3 heterocycles. The first kappa shape index (κ1) is 14.6. The zero-order chi connectivity index (χ0) is 15.8. The van der Waals surface area contributed by atoms with Gasteiger partial charge in [0.1, 0.15) is 0 Å². The highest BCUT2D eigenvalue weighted by Gasteiger charge is 2.36. The van der Waals surface area contributed by atoms with Crippen molar-refractivity contribution >= 4 is 0 Å². The molecule has 23 heavy (non-hydrogen) atoms. The number of methoxy groups -OCH3 is 1. The van der Waals surface area contributed by atoms with Gasteiger partial charge in [-0.05, 0) is 12.5 Å². The number of ether oxygens (including phenoxy) is 2. The van der Waals surface area contributed by atoms with E-state index in [1.165, 1.54) is 13.2 Å². The number of halogens is 1. The van der Waals surface area contributed by atoms with Crippen LogP contribution in [0.3, 0.4) is 0 Å². The van der Waals surface area contributed by atoms with E-state index in [0.29, 0.717) is 18.9 Å². The quantitative estimate of drug-likeness (QED) is 0.863. The number of aromatic nitrogens is 3. The topological polar surface area (TPSA) is 52.4 Å². The molecule has 6 nitrogen and oxygen atoms in total. The normalized spacial score (nSPS) is 24.1. The molecule has 2 aromatic rings. The molecule has 0 bridgehead atoms. The molecular formula is C16H19FN4O2. The van der Waals surface area contributed by atoms with E-state index in [2.05, 4.69) is 15.2 Å². The lowest BCUT2D eigenvalue weighted by atomic mass is 9.99. The largest absolute Gasteiger partial charge is 0.493 e. The van der Waals surface area contributed by atoms with Gasteiger partial charge in [-0.25, -0.2) is 9.07 Å². The predicted molar refractivity (Wildman–Crippen MR) is 80.5 cm³/mol. The van der Waals surface area contributed by atoms with E-state index in [1.807, 2.05) is 10.7 Å². The molecule has 0 radical (unpaired) electrons. The highest BCUT2D eigenvalue weighted by Crippen LogP contribution is 2.32. The van der Waals surface area contributed by atoms with Gasteiger partial charge in [0.05, 0.1) is 37.8 Å². The zero-order valence-corrected chi connectivity index (χ0v) is 13.0. The van der Waals surface area contributed by atoms with Crippen molar-refractivity contribution in [3.05, 3.63) is 41.5 Å². The second-order valence-corrected chi connectivity index (χ2v) is 6.04. The average Bonchev–Trinajstić information content (AvgIpc) is 3.04. The summed E-state index contributed by atoms with van der Waals surface area (Å²) in [6.07, 6.45) is 2.86. The molecule has 1 aromatic carbocycles. The Morgan fingerprint density at radius 2 is 2.35 bits per heavy atom. The lowest BCUT2D eigenvalue weighted by Gasteiger charge is -2.41. The molecule has 4 rings (SSSR count). The summed E-state index contributed by atoms with van der Waals surface area (Å²) in [5.41, 5.74) is 1.87. The summed E-state index contributed by atoms with van der Waals surface area (Å²) < 4.78 is 26.9. The summed E-state index contributed by atoms with van der Waals surface area (Å²) in [6, 6.07) is 5.21. The van der Waals surface area contributed by atoms with Crippen molar-refractivity contribution in [1.29, 1.82) is 0 Å². The Morgan fingerprint density at radius 1 is 1.43 bits per heavy atom. The van der Waals surface area contributed by atoms with Gasteiger partial charge in [-0.1, -0.05) is 17.3 Å². The number of benzene rings is 1. The maximum absolute atomic E-state index is 13.8. The molecule has 0 unspecified atom stereocenters. The summed E-state index contributed by atoms with van der Waals surface area (Å²) in [4.78, 5) is 2.29. The second-order valence-electron chi connectivity index (χ2n) is 6.04. The Bertz CT molecular complexity index is 705. The summed E-state index contributed by atoms with van der Waals surface area (Å²) >= 11 is 0. The van der Waals surface area contributed by atoms with Crippen LogP contribution in [-0.2, 0) is 17.9 Å². The molecule has 2 atom stereocenters. The maximum atomic E-state index is 13.8. The number of fused-ring (bicyclic) bond motifs is 3. The first-order valence-electron chi connectivity index (χ1n) is 7.80. The van der Waals surface area contributed by atoms with Crippen LogP contribution in [0.15, 0.2) is 24.4 Å². The third kappa shape index (κ3) is 2.60. The maximum Gasteiger partial charge on any atom is 0.165 e. The van der Waals surface area contributed by atoms with E-state index in [-0.39, 0.29) is 18.0 Å². The summed E-state index contributed by atoms with van der Waals surface area (Å²) in [7, 11) is 1.50. The molecule has 0 amide bonds. The number of para-hydroxylation sites is 1. The van der Waals surface area contributed by atoms with Gasteiger partial charge in [0.25, 0.3) is 0 Å². The minimum Gasteiger partial charge on any atom is -0.493 e. The summed E-state index contributed by atoms with van der Waals surface area (Å²) in [5, 5.41) is 8.19. The van der Waals surface area contributed by atoms with Gasteiger partial charge in [0.15, 0.2) is 11.6 Å². The SMILES string of the molecule is COc1c(F)cccc1CN1CC[C@@H]2OCc3cnnn3[C@H]2C1. The Kier molecular flexibility index (Phi) is 3.74. The monoisotopic (exact) mass is 318 g/mol. The Hall–Kier alpha value is -1.99. The lowest BCUT2D eigenvalue weighted by Crippen LogP contribution is -2.47. The van der Waals surface area contributed by atoms with Gasteiger partial charge in [-0.15, -0.1) is 5.10 Å². The van der Waals surface area contributed by atoms with Crippen LogP contribution in [0.5, 0.6) is 5.75 Å². The number of hydrogen-bond acceptors (Lipinski definition) is 5. The number of nitrogens with zero attached hydrogens (tertiary/aromatic N) is 4. The minimum absolute atomic E-state index is 0.162. The molecule has 1 aromatic heterocycles. The van der Waals surface area contributed by atoms with Gasteiger partial charge in [0.2, 0.25) is 0 Å². The van der Waals surface area contributed by atoms with Crippen molar-refractivity contribution in [3.8, 4) is 5.75 Å². The highest BCUT2D eigenvalue weighted by molar-refractivity contribution is 5.34. The fourth-order valence-corrected chi connectivity index (χ4v) is 3.54. The van der Waals surface area contributed by atoms with Crippen LogP contribution >= 0.6 is 0 Å². The molecule has 1 fully saturated rings. The van der Waals surface area contributed by atoms with Crippen LogP contribution in [0.2, 0.25) is 0 Å². The van der Waals surface area contributed by atoms with Crippen molar-refractivity contribution in [2.45, 2.75) is 31.7 Å². The van der Waals surface area contributed by atoms with E-state index in [9.17, 15) is 4.39 Å². The van der Waals surface area contributed by atoms with Crippen LogP contribution in [0.1, 0.15) is 23.7 Å². The first-order chi connectivity index (χ1) is 11.3. The van der Waals surface area contributed by atoms with Crippen molar-refractivity contribution in [2.24, 2.45) is 0 Å². The molecular weight excluding hydrogens is 299 g/mol. The van der Waals surface area contributed by atoms with Crippen molar-refractivity contribution in [3.63, 3.8) is 0 Å². The van der Waals surface area contributed by atoms with Gasteiger partial charge >= 0.3 is 0 Å². The van der Waals surface area contributed by atoms with Crippen LogP contribution in [0, 0.1) is 5.82 Å². The minimum atomic E-state index is -0.320. The van der Waals surface area contributed by atoms with Crippen molar-refractivity contribution in [2.75, 3.05) is 20.2 Å². The van der Waals surface area contributed by atoms with Gasteiger partial charge in [-0.2, -0.15) is 0 Å². The predicted octanol–water partition coefficient (Wildman–Crippen LogP) is 1.77. The molecule has 0 saturated carbocycles. The van der Waals surface area contributed by atoms with Gasteiger partial charge < -0.3 is 9.47 Å². The third-order valence-corrected chi connectivity index (χ3v) is 4.66. The van der Waals surface area contributed by atoms with E-state index >= 15 is 0 Å². The van der Waals surface area contributed by atoms with Crippen molar-refractivity contribution in [1.82, 2.24) is 19.9 Å². The fourth-order valence-electron chi connectivity index (χ4n) is 3.54. The molecule has 0 aliphatic carbocycles. The van der Waals surface area contributed by atoms with Gasteiger partial charge in [0, 0.05) is 25.2 Å². The molecule has 1 saturated heterocycles. The van der Waals surface area contributed by atoms with Crippen LogP contribution in [-0.4, -0.2) is 46.2 Å². The standard InChI is InChI=1S/C16H19FN4O2/c1-22-16-11(3-2-4-13(16)17)8-20-6-5-15-14(9-20)21-12(10-23-15)7-18-19-21/h2-4,7,14-15H,5-6,8-10H2,1H3/t14-,15-/m0/s1. The highest BCUT2D eigenvalue weighted by atomic mass is 19.1. The first-order valence-corrected chi connectivity index (χ1v) is 7.80. The third-order valence-electron chi connectivity index (χ3n) is 4.66. The Labute approximate surface area is 133 Å². The van der Waals surface area contributed by atoms with E-state index in [0.717, 1.165) is 30.8 Å². The molecule has 2 aliphatic rings. The fraction of sp³-hybridized carbons (Fsp3) is 0.500. The number of piperidine rings is 1. The molecule has 0 N–H and O–H groups in total. The van der Waals surface area contributed by atoms with E-state index in [4.69, 9.17) is 9.47 Å². The second kappa shape index (κ2) is 5.90. The van der Waals surface area contributed by atoms with Crippen LogP contribution in [0.25, 0.3) is 0 Å². The molecule has 7 heteroatoms. The number of rotatable bonds is 3. The van der Waals surface area contributed by atoms with Gasteiger partial charge in [-0.3, -0.25) is 4.90 Å². The molecule has 0 spiro atoms. The average molecular weight is 318 g/mol. The number of hydrogen-bond donors (Lipinski definition) is 0. The molecule has 2 aliphatic heterocycles. The number of likely N-dealkylation sites (tertiary alicyclic amines) is 1. The molecule has 122 valence electrons. The van der Waals surface area contributed by atoms with Crippen LogP contribution < -0.4 is 4.74 Å². The van der Waals surface area contributed by atoms with E-state index < -0.39 is 0 Å². The van der Waals surface area contributed by atoms with Crippen LogP contribution in [0.4, 0.5) is 4.39 Å². The Balaban J connectivity index is 1.54. The van der Waals surface area contributed by atoms with Crippen molar-refractivity contribution < 1.29 is 13.9 Å².